The maximum absolute atomic E-state index is 10.3. The topological polar surface area (TPSA) is 135 Å². The summed E-state index contributed by atoms with van der Waals surface area (Å²) >= 11 is 0. The molecule has 0 saturated carbocycles. The molecule has 1 unspecified atom stereocenters. The third kappa shape index (κ3) is 2.57. The van der Waals surface area contributed by atoms with Crippen LogP contribution in [0.15, 0.2) is 0 Å². The Morgan fingerprint density at radius 1 is 1.31 bits per heavy atom. The van der Waals surface area contributed by atoms with Crippen molar-refractivity contribution < 1.29 is 37.8 Å². The first kappa shape index (κ1) is 12.2. The molecule has 0 radical (unpaired) electrons. The number of aliphatic hydroxyl groups is 1. The highest BCUT2D eigenvalue weighted by Gasteiger charge is 2.48. The highest BCUT2D eigenvalue weighted by atomic mass is 31.1. The third-order valence-corrected chi connectivity index (χ3v) is 2.69. The molecule has 0 aliphatic rings. The lowest BCUT2D eigenvalue weighted by Crippen LogP contribution is -2.38. The quantitative estimate of drug-likeness (QED) is 0.631. The first-order valence-corrected chi connectivity index (χ1v) is 4.96. The molecule has 0 amide bonds. The Morgan fingerprint density at radius 3 is 1.85 bits per heavy atom. The SMILES string of the molecule is O=C(O)C(CO)(OP(=O)=O)P(=O)=O. The average Bonchev–Trinajstić information content (AvgIpc) is 1.98. The molecule has 8 nitrogen and oxygen atoms in total. The Balaban J connectivity index is 5.22. The Kier molecular flexibility index (Phi) is 4.16. The number of carboxylic acids is 1. The predicted molar refractivity (Wildman–Crippen MR) is 35.1 cm³/mol. The molecule has 0 aliphatic carbocycles. The lowest BCUT2D eigenvalue weighted by atomic mass is 10.4. The van der Waals surface area contributed by atoms with Crippen molar-refractivity contribution in [1.29, 1.82) is 0 Å². The monoisotopic (exact) mass is 230 g/mol. The Morgan fingerprint density at radius 2 is 1.77 bits per heavy atom. The lowest BCUT2D eigenvalue weighted by molar-refractivity contribution is -0.150. The van der Waals surface area contributed by atoms with Gasteiger partial charge >= 0.3 is 26.9 Å². The fourth-order valence-electron chi connectivity index (χ4n) is 0.428. The van der Waals surface area contributed by atoms with E-state index in [2.05, 4.69) is 4.52 Å². The minimum atomic E-state index is -3.78. The summed E-state index contributed by atoms with van der Waals surface area (Å²) in [6.07, 6.45) is 0. The molecule has 0 aromatic carbocycles. The third-order valence-electron chi connectivity index (χ3n) is 1.07. The van der Waals surface area contributed by atoms with Crippen LogP contribution in [0.3, 0.4) is 0 Å². The molecule has 0 bridgehead atoms. The van der Waals surface area contributed by atoms with Gasteiger partial charge in [0.15, 0.2) is 0 Å². The molecule has 0 aliphatic heterocycles. The fourth-order valence-corrected chi connectivity index (χ4v) is 1.55. The molecule has 0 aromatic heterocycles. The lowest BCUT2D eigenvalue weighted by Gasteiger charge is -2.13. The summed E-state index contributed by atoms with van der Waals surface area (Å²) in [5.74, 6) is -2.09. The van der Waals surface area contributed by atoms with Gasteiger partial charge in [-0.05, 0) is 0 Å². The molecule has 1 atom stereocenters. The van der Waals surface area contributed by atoms with Crippen molar-refractivity contribution in [2.24, 2.45) is 0 Å². The summed E-state index contributed by atoms with van der Waals surface area (Å²) < 4.78 is 44.2. The van der Waals surface area contributed by atoms with Crippen LogP contribution < -0.4 is 0 Å². The normalized spacial score (nSPS) is 14.5. The molecule has 74 valence electrons. The van der Waals surface area contributed by atoms with Crippen molar-refractivity contribution in [1.82, 2.24) is 0 Å². The Bertz CT molecular complexity index is 323. The summed E-state index contributed by atoms with van der Waals surface area (Å²) in [5, 5.41) is 13.6. The van der Waals surface area contributed by atoms with Gasteiger partial charge in [-0.1, -0.05) is 0 Å². The van der Waals surface area contributed by atoms with Crippen LogP contribution in [-0.2, 0) is 27.6 Å². The smallest absolute Gasteiger partial charge is 0.470 e. The van der Waals surface area contributed by atoms with E-state index in [1.54, 1.807) is 0 Å². The van der Waals surface area contributed by atoms with Crippen LogP contribution in [0, 0.1) is 0 Å². The molecule has 0 rings (SSSR count). The molecule has 0 spiro atoms. The fraction of sp³-hybridized carbons (Fsp3) is 0.667. The van der Waals surface area contributed by atoms with Crippen LogP contribution in [0.1, 0.15) is 0 Å². The second-order valence-corrected chi connectivity index (χ2v) is 3.69. The van der Waals surface area contributed by atoms with Gasteiger partial charge in [0.2, 0.25) is 0 Å². The van der Waals surface area contributed by atoms with Gasteiger partial charge in [0.25, 0.3) is 0 Å². The van der Waals surface area contributed by atoms with Crippen molar-refractivity contribution in [3.8, 4) is 0 Å². The van der Waals surface area contributed by atoms with E-state index in [9.17, 15) is 23.1 Å². The van der Waals surface area contributed by atoms with Crippen LogP contribution in [0.2, 0.25) is 0 Å². The van der Waals surface area contributed by atoms with Gasteiger partial charge in [-0.3, -0.25) is 0 Å². The number of hydrogen-bond donors (Lipinski definition) is 2. The van der Waals surface area contributed by atoms with E-state index in [1.807, 2.05) is 0 Å². The zero-order valence-corrected chi connectivity index (χ0v) is 7.73. The van der Waals surface area contributed by atoms with Crippen LogP contribution >= 0.6 is 15.6 Å². The molecule has 0 fully saturated rings. The number of rotatable bonds is 5. The zero-order chi connectivity index (χ0) is 10.6. The van der Waals surface area contributed by atoms with Gasteiger partial charge in [0, 0.05) is 0 Å². The van der Waals surface area contributed by atoms with E-state index in [0.717, 1.165) is 0 Å². The zero-order valence-electron chi connectivity index (χ0n) is 5.95. The highest BCUT2D eigenvalue weighted by molar-refractivity contribution is 7.35. The summed E-state index contributed by atoms with van der Waals surface area (Å²) in [6, 6.07) is 0. The summed E-state index contributed by atoms with van der Waals surface area (Å²) in [5.41, 5.74) is 0. The van der Waals surface area contributed by atoms with E-state index in [0.29, 0.717) is 0 Å². The number of hydrogen-bond acceptors (Lipinski definition) is 7. The second kappa shape index (κ2) is 4.43. The van der Waals surface area contributed by atoms with E-state index in [1.165, 1.54) is 0 Å². The van der Waals surface area contributed by atoms with Gasteiger partial charge in [0.05, 0.1) is 6.61 Å². The molecule has 13 heavy (non-hydrogen) atoms. The Hall–Kier alpha value is -0.810. The van der Waals surface area contributed by atoms with Gasteiger partial charge in [-0.15, -0.1) is 0 Å². The summed E-state index contributed by atoms with van der Waals surface area (Å²) in [4.78, 5) is 10.3. The average molecular weight is 230 g/mol. The molecule has 0 heterocycles. The van der Waals surface area contributed by atoms with Crippen molar-refractivity contribution >= 4 is 21.6 Å². The van der Waals surface area contributed by atoms with Crippen LogP contribution in [0.4, 0.5) is 0 Å². The molecule has 0 aromatic rings. The van der Waals surface area contributed by atoms with Crippen LogP contribution in [0.5, 0.6) is 0 Å². The molecule has 10 heteroatoms. The van der Waals surface area contributed by atoms with Gasteiger partial charge in [-0.2, -0.15) is 0 Å². The van der Waals surface area contributed by atoms with E-state index in [4.69, 9.17) is 10.2 Å². The van der Waals surface area contributed by atoms with E-state index in [-0.39, 0.29) is 0 Å². The number of aliphatic carboxylic acids is 1. The number of carboxylic acid groups (broad SMARTS) is 1. The standard InChI is InChI=1S/C3H4O8P2/c4-1-3(2(5)6,12(7)8)11-13(9)10/h4H,1H2,(H,5,6). The number of carbonyl (C=O) groups is 1. The minimum absolute atomic E-state index is 1.48. The van der Waals surface area contributed by atoms with Crippen LogP contribution in [-0.4, -0.2) is 28.1 Å². The highest BCUT2D eigenvalue weighted by Crippen LogP contribution is 2.35. The molecular formula is C3H4O8P2. The second-order valence-electron chi connectivity index (χ2n) is 1.82. The largest absolute Gasteiger partial charge is 0.478 e. The molecule has 2 N–H and O–H groups in total. The maximum Gasteiger partial charge on any atom is 0.470 e. The molecular weight excluding hydrogens is 226 g/mol. The predicted octanol–water partition coefficient (Wildman–Crippen LogP) is 0.0370. The molecule has 0 saturated heterocycles. The van der Waals surface area contributed by atoms with E-state index < -0.39 is 33.5 Å². The van der Waals surface area contributed by atoms with Gasteiger partial charge < -0.3 is 10.2 Å². The van der Waals surface area contributed by atoms with Crippen molar-refractivity contribution in [3.05, 3.63) is 0 Å². The summed E-state index contributed by atoms with van der Waals surface area (Å²) in [6.45, 7) is -1.48. The first-order valence-electron chi connectivity index (χ1n) is 2.69. The van der Waals surface area contributed by atoms with Crippen LogP contribution in [0.25, 0.3) is 0 Å². The summed E-state index contributed by atoms with van der Waals surface area (Å²) in [7, 11) is -7.46. The maximum atomic E-state index is 10.3. The van der Waals surface area contributed by atoms with Crippen molar-refractivity contribution in [3.63, 3.8) is 0 Å². The van der Waals surface area contributed by atoms with Gasteiger partial charge in [-0.25, -0.2) is 27.6 Å². The number of aliphatic hydroxyl groups excluding tert-OH is 1. The Labute approximate surface area is 72.2 Å². The van der Waals surface area contributed by atoms with Crippen molar-refractivity contribution in [2.75, 3.05) is 6.61 Å². The van der Waals surface area contributed by atoms with E-state index >= 15 is 0 Å². The van der Waals surface area contributed by atoms with Crippen molar-refractivity contribution in [2.45, 2.75) is 5.34 Å². The first-order chi connectivity index (χ1) is 5.86. The minimum Gasteiger partial charge on any atom is -0.478 e. The van der Waals surface area contributed by atoms with Gasteiger partial charge in [0.1, 0.15) is 0 Å².